The van der Waals surface area contributed by atoms with Gasteiger partial charge >= 0.3 is 0 Å². The standard InChI is InChI=1S/C24H23Cl2N5O2/c1-4-33-18-8-6-17(7-9-18)28-22(32)12-11-19-14(2)27-24-29-23(30-31(24)15(19)3)20-10-5-16(25)13-21(20)26/h5-10,13H,4,11-12H2,1-3H3,(H,28,32). The molecule has 170 valence electrons. The SMILES string of the molecule is CCOc1ccc(NC(=O)CCc2c(C)nc3nc(-c4ccc(Cl)cc4Cl)nn3c2C)cc1. The smallest absolute Gasteiger partial charge is 0.253 e. The number of aryl methyl sites for hydroxylation is 2. The topological polar surface area (TPSA) is 81.4 Å². The highest BCUT2D eigenvalue weighted by Crippen LogP contribution is 2.29. The van der Waals surface area contributed by atoms with E-state index in [2.05, 4.69) is 20.4 Å². The Hall–Kier alpha value is -3.16. The fraction of sp³-hybridized carbons (Fsp3) is 0.250. The average Bonchev–Trinajstić information content (AvgIpc) is 3.19. The highest BCUT2D eigenvalue weighted by Gasteiger charge is 2.17. The number of hydrogen-bond donors (Lipinski definition) is 1. The predicted molar refractivity (Wildman–Crippen MR) is 130 cm³/mol. The first kappa shape index (κ1) is 23.0. The number of carbonyl (C=O) groups is 1. The van der Waals surface area contributed by atoms with Crippen molar-refractivity contribution in [1.82, 2.24) is 19.6 Å². The molecule has 0 bridgehead atoms. The lowest BCUT2D eigenvalue weighted by Gasteiger charge is -2.11. The van der Waals surface area contributed by atoms with Gasteiger partial charge in [0.05, 0.1) is 11.6 Å². The highest BCUT2D eigenvalue weighted by molar-refractivity contribution is 6.36. The zero-order valence-electron chi connectivity index (χ0n) is 18.5. The van der Waals surface area contributed by atoms with E-state index in [0.29, 0.717) is 46.7 Å². The molecule has 9 heteroatoms. The molecule has 2 heterocycles. The fourth-order valence-corrected chi connectivity index (χ4v) is 4.11. The molecule has 0 aliphatic heterocycles. The summed E-state index contributed by atoms with van der Waals surface area (Å²) >= 11 is 12.3. The van der Waals surface area contributed by atoms with E-state index < -0.39 is 0 Å². The normalized spacial score (nSPS) is 11.1. The van der Waals surface area contributed by atoms with Crippen molar-refractivity contribution in [3.8, 4) is 17.1 Å². The number of ether oxygens (including phenoxy) is 1. The number of amides is 1. The molecule has 0 aliphatic carbocycles. The molecule has 0 unspecified atom stereocenters. The number of carbonyl (C=O) groups excluding carboxylic acids is 1. The van der Waals surface area contributed by atoms with Crippen LogP contribution in [-0.4, -0.2) is 32.1 Å². The van der Waals surface area contributed by atoms with Crippen LogP contribution in [0.4, 0.5) is 5.69 Å². The van der Waals surface area contributed by atoms with Crippen molar-refractivity contribution in [2.24, 2.45) is 0 Å². The second-order valence-corrected chi connectivity index (χ2v) is 8.38. The second-order valence-electron chi connectivity index (χ2n) is 7.54. The Morgan fingerprint density at radius 2 is 1.85 bits per heavy atom. The molecule has 2 aromatic heterocycles. The van der Waals surface area contributed by atoms with Crippen LogP contribution in [0.3, 0.4) is 0 Å². The zero-order valence-corrected chi connectivity index (χ0v) is 20.0. The van der Waals surface area contributed by atoms with Crippen molar-refractivity contribution in [2.75, 3.05) is 11.9 Å². The highest BCUT2D eigenvalue weighted by atomic mass is 35.5. The fourth-order valence-electron chi connectivity index (χ4n) is 3.62. The van der Waals surface area contributed by atoms with Crippen LogP contribution < -0.4 is 10.1 Å². The van der Waals surface area contributed by atoms with Crippen molar-refractivity contribution >= 4 is 40.6 Å². The van der Waals surface area contributed by atoms with Crippen LogP contribution in [0.5, 0.6) is 5.75 Å². The third kappa shape index (κ3) is 5.10. The van der Waals surface area contributed by atoms with E-state index in [0.717, 1.165) is 28.4 Å². The van der Waals surface area contributed by atoms with Crippen LogP contribution in [0, 0.1) is 13.8 Å². The van der Waals surface area contributed by atoms with Crippen LogP contribution in [0.25, 0.3) is 17.2 Å². The molecule has 7 nitrogen and oxygen atoms in total. The summed E-state index contributed by atoms with van der Waals surface area (Å²) in [6.07, 6.45) is 0.840. The molecule has 2 aromatic carbocycles. The van der Waals surface area contributed by atoms with E-state index in [1.54, 1.807) is 22.7 Å². The van der Waals surface area contributed by atoms with Gasteiger partial charge in [-0.15, -0.1) is 5.10 Å². The Balaban J connectivity index is 1.51. The first-order chi connectivity index (χ1) is 15.9. The van der Waals surface area contributed by atoms with Crippen LogP contribution in [-0.2, 0) is 11.2 Å². The maximum absolute atomic E-state index is 12.5. The molecular formula is C24H23Cl2N5O2. The molecule has 0 fully saturated rings. The minimum Gasteiger partial charge on any atom is -0.494 e. The summed E-state index contributed by atoms with van der Waals surface area (Å²) < 4.78 is 7.12. The number of aromatic nitrogens is 4. The number of nitrogens with one attached hydrogen (secondary N) is 1. The second kappa shape index (κ2) is 9.77. The van der Waals surface area contributed by atoms with Gasteiger partial charge in [0.1, 0.15) is 5.75 Å². The number of hydrogen-bond acceptors (Lipinski definition) is 5. The van der Waals surface area contributed by atoms with Gasteiger partial charge in [-0.05, 0) is 75.2 Å². The van der Waals surface area contributed by atoms with Gasteiger partial charge in [0, 0.05) is 34.1 Å². The number of anilines is 1. The van der Waals surface area contributed by atoms with E-state index >= 15 is 0 Å². The summed E-state index contributed by atoms with van der Waals surface area (Å²) in [5, 5.41) is 8.53. The van der Waals surface area contributed by atoms with Crippen molar-refractivity contribution in [1.29, 1.82) is 0 Å². The van der Waals surface area contributed by atoms with Crippen LogP contribution in [0.1, 0.15) is 30.3 Å². The first-order valence-corrected chi connectivity index (χ1v) is 11.3. The van der Waals surface area contributed by atoms with Crippen LogP contribution in [0.15, 0.2) is 42.5 Å². The van der Waals surface area contributed by atoms with Crippen LogP contribution >= 0.6 is 23.2 Å². The number of nitrogens with zero attached hydrogens (tertiary/aromatic N) is 4. The zero-order chi connectivity index (χ0) is 23.5. The predicted octanol–water partition coefficient (Wildman–Crippen LogP) is 5.68. The monoisotopic (exact) mass is 483 g/mol. The Kier molecular flexibility index (Phi) is 6.81. The minimum absolute atomic E-state index is 0.0784. The summed E-state index contributed by atoms with van der Waals surface area (Å²) in [4.78, 5) is 21.6. The van der Waals surface area contributed by atoms with Gasteiger partial charge in [0.2, 0.25) is 5.91 Å². The van der Waals surface area contributed by atoms with Gasteiger partial charge in [0.15, 0.2) is 5.82 Å². The molecule has 33 heavy (non-hydrogen) atoms. The van der Waals surface area contributed by atoms with Crippen LogP contribution in [0.2, 0.25) is 10.0 Å². The van der Waals surface area contributed by atoms with Gasteiger partial charge in [-0.2, -0.15) is 4.98 Å². The van der Waals surface area contributed by atoms with Gasteiger partial charge in [-0.25, -0.2) is 9.50 Å². The van der Waals surface area contributed by atoms with E-state index in [-0.39, 0.29) is 5.91 Å². The van der Waals surface area contributed by atoms with Crippen molar-refractivity contribution < 1.29 is 9.53 Å². The average molecular weight is 484 g/mol. The largest absolute Gasteiger partial charge is 0.494 e. The Labute approximate surface area is 201 Å². The summed E-state index contributed by atoms with van der Waals surface area (Å²) in [6, 6.07) is 12.5. The van der Waals surface area contributed by atoms with Gasteiger partial charge in [-0.3, -0.25) is 4.79 Å². The minimum atomic E-state index is -0.0784. The molecular weight excluding hydrogens is 461 g/mol. The molecule has 1 amide bonds. The maximum atomic E-state index is 12.5. The maximum Gasteiger partial charge on any atom is 0.253 e. The number of halogens is 2. The summed E-state index contributed by atoms with van der Waals surface area (Å²) in [5.74, 6) is 1.64. The molecule has 0 atom stereocenters. The number of rotatable bonds is 7. The summed E-state index contributed by atoms with van der Waals surface area (Å²) in [5.41, 5.74) is 4.07. The molecule has 0 aliphatic rings. The molecule has 0 saturated carbocycles. The lowest BCUT2D eigenvalue weighted by Crippen LogP contribution is -2.14. The van der Waals surface area contributed by atoms with Crippen molar-refractivity contribution in [3.05, 3.63) is 69.5 Å². The molecule has 4 aromatic rings. The Morgan fingerprint density at radius 3 is 2.55 bits per heavy atom. The lowest BCUT2D eigenvalue weighted by molar-refractivity contribution is -0.116. The lowest BCUT2D eigenvalue weighted by atomic mass is 10.1. The molecule has 0 spiro atoms. The number of benzene rings is 2. The van der Waals surface area contributed by atoms with Crippen molar-refractivity contribution in [2.45, 2.75) is 33.6 Å². The molecule has 0 saturated heterocycles. The number of fused-ring (bicyclic) bond motifs is 1. The summed E-state index contributed by atoms with van der Waals surface area (Å²) in [6.45, 7) is 6.39. The van der Waals surface area contributed by atoms with Gasteiger partial charge < -0.3 is 10.1 Å². The Bertz CT molecular complexity index is 1320. The van der Waals surface area contributed by atoms with E-state index in [4.69, 9.17) is 27.9 Å². The first-order valence-electron chi connectivity index (χ1n) is 10.6. The van der Waals surface area contributed by atoms with E-state index in [1.165, 1.54) is 0 Å². The van der Waals surface area contributed by atoms with Gasteiger partial charge in [0.25, 0.3) is 5.78 Å². The molecule has 4 rings (SSSR count). The third-order valence-corrected chi connectivity index (χ3v) is 5.82. The quantitative estimate of drug-likeness (QED) is 0.365. The Morgan fingerprint density at radius 1 is 1.09 bits per heavy atom. The molecule has 0 radical (unpaired) electrons. The molecule has 1 N–H and O–H groups in total. The summed E-state index contributed by atoms with van der Waals surface area (Å²) in [7, 11) is 0. The third-order valence-electron chi connectivity index (χ3n) is 5.27. The van der Waals surface area contributed by atoms with Crippen molar-refractivity contribution in [3.63, 3.8) is 0 Å². The van der Waals surface area contributed by atoms with E-state index in [9.17, 15) is 4.79 Å². The van der Waals surface area contributed by atoms with Gasteiger partial charge in [-0.1, -0.05) is 23.2 Å². The van der Waals surface area contributed by atoms with E-state index in [1.807, 2.05) is 45.0 Å².